The zero-order valence-electron chi connectivity index (χ0n) is 13.4. The number of hydrogen-bond acceptors (Lipinski definition) is 3. The molecule has 0 aliphatic heterocycles. The molecule has 116 valence electrons. The van der Waals surface area contributed by atoms with Gasteiger partial charge in [0.25, 0.3) is 0 Å². The predicted molar refractivity (Wildman–Crippen MR) is 91.4 cm³/mol. The van der Waals surface area contributed by atoms with Crippen molar-refractivity contribution in [3.8, 4) is 16.9 Å². The normalized spacial score (nSPS) is 15.7. The van der Waals surface area contributed by atoms with Crippen LogP contribution < -0.4 is 10.5 Å². The van der Waals surface area contributed by atoms with Crippen molar-refractivity contribution in [1.29, 1.82) is 0 Å². The number of likely N-dealkylation sites (N-methyl/N-ethyl adjacent to an activating group) is 1. The van der Waals surface area contributed by atoms with Gasteiger partial charge in [-0.15, -0.1) is 0 Å². The highest BCUT2D eigenvalue weighted by Crippen LogP contribution is 2.47. The van der Waals surface area contributed by atoms with Gasteiger partial charge in [-0.1, -0.05) is 30.3 Å². The van der Waals surface area contributed by atoms with Crippen molar-refractivity contribution in [3.63, 3.8) is 0 Å². The van der Waals surface area contributed by atoms with Crippen LogP contribution in [0.25, 0.3) is 11.1 Å². The first-order valence-electron chi connectivity index (χ1n) is 7.91. The number of fused-ring (bicyclic) bond motifs is 3. The van der Waals surface area contributed by atoms with Crippen molar-refractivity contribution in [2.45, 2.75) is 12.3 Å². The molecule has 0 bridgehead atoms. The molecule has 0 aromatic heterocycles. The molecule has 0 spiro atoms. The first-order valence-corrected chi connectivity index (χ1v) is 7.91. The van der Waals surface area contributed by atoms with Gasteiger partial charge in [0.2, 0.25) is 0 Å². The lowest BCUT2D eigenvalue weighted by Crippen LogP contribution is -2.19. The van der Waals surface area contributed by atoms with Crippen LogP contribution >= 0.6 is 0 Å². The van der Waals surface area contributed by atoms with Crippen LogP contribution in [0.3, 0.4) is 0 Å². The highest BCUT2D eigenvalue weighted by atomic mass is 16.5. The van der Waals surface area contributed by atoms with Gasteiger partial charge in [-0.2, -0.15) is 0 Å². The summed E-state index contributed by atoms with van der Waals surface area (Å²) in [7, 11) is 4.11. The Bertz CT molecular complexity index is 652. The molecule has 0 fully saturated rings. The number of hydrogen-bond donors (Lipinski definition) is 1. The first kappa shape index (κ1) is 15.1. The maximum Gasteiger partial charge on any atom is 0.119 e. The van der Waals surface area contributed by atoms with Gasteiger partial charge in [0.15, 0.2) is 0 Å². The minimum absolute atomic E-state index is 0.397. The standard InChI is InChI=1S/C19H24N2O/c1-21(2)11-12-22-14-7-8-17-15-5-3-4-6-16(15)18(9-10-20)19(17)13-14/h3-8,13,18H,9-12,20H2,1-2H3. The lowest BCUT2D eigenvalue weighted by atomic mass is 9.93. The monoisotopic (exact) mass is 296 g/mol. The topological polar surface area (TPSA) is 38.5 Å². The second kappa shape index (κ2) is 6.51. The van der Waals surface area contributed by atoms with Gasteiger partial charge in [0.1, 0.15) is 12.4 Å². The Morgan fingerprint density at radius 1 is 1.05 bits per heavy atom. The minimum Gasteiger partial charge on any atom is -0.492 e. The van der Waals surface area contributed by atoms with E-state index in [0.29, 0.717) is 19.1 Å². The molecule has 2 N–H and O–H groups in total. The van der Waals surface area contributed by atoms with Gasteiger partial charge < -0.3 is 15.4 Å². The summed E-state index contributed by atoms with van der Waals surface area (Å²) in [6.07, 6.45) is 0.977. The molecule has 0 heterocycles. The van der Waals surface area contributed by atoms with Crippen LogP contribution in [0.15, 0.2) is 42.5 Å². The number of nitrogens with two attached hydrogens (primary N) is 1. The number of benzene rings is 2. The SMILES string of the molecule is CN(C)CCOc1ccc2c(c1)C(CCN)c1ccccc1-2. The lowest BCUT2D eigenvalue weighted by Gasteiger charge is -2.15. The van der Waals surface area contributed by atoms with Crippen LogP contribution in [0.4, 0.5) is 0 Å². The van der Waals surface area contributed by atoms with Gasteiger partial charge in [0, 0.05) is 12.5 Å². The average Bonchev–Trinajstić information content (AvgIpc) is 2.82. The van der Waals surface area contributed by atoms with E-state index in [2.05, 4.69) is 61.5 Å². The van der Waals surface area contributed by atoms with Crippen LogP contribution in [-0.2, 0) is 0 Å². The summed E-state index contributed by atoms with van der Waals surface area (Å²) >= 11 is 0. The second-order valence-corrected chi connectivity index (χ2v) is 6.12. The Hall–Kier alpha value is -1.84. The van der Waals surface area contributed by atoms with Gasteiger partial charge >= 0.3 is 0 Å². The molecular formula is C19H24N2O. The molecule has 0 saturated carbocycles. The Balaban J connectivity index is 1.88. The third-order valence-corrected chi connectivity index (χ3v) is 4.29. The Morgan fingerprint density at radius 2 is 1.82 bits per heavy atom. The number of ether oxygens (including phenoxy) is 1. The van der Waals surface area contributed by atoms with Crippen LogP contribution in [0.1, 0.15) is 23.5 Å². The summed E-state index contributed by atoms with van der Waals surface area (Å²) in [6, 6.07) is 15.1. The fourth-order valence-corrected chi connectivity index (χ4v) is 3.20. The summed E-state index contributed by atoms with van der Waals surface area (Å²) in [5.41, 5.74) is 11.3. The molecule has 0 radical (unpaired) electrons. The summed E-state index contributed by atoms with van der Waals surface area (Å²) < 4.78 is 5.89. The van der Waals surface area contributed by atoms with Gasteiger partial charge in [-0.25, -0.2) is 0 Å². The van der Waals surface area contributed by atoms with Crippen molar-refractivity contribution in [1.82, 2.24) is 4.90 Å². The lowest BCUT2D eigenvalue weighted by molar-refractivity contribution is 0.261. The van der Waals surface area contributed by atoms with Crippen molar-refractivity contribution in [3.05, 3.63) is 53.6 Å². The molecule has 2 aromatic rings. The molecule has 1 aliphatic rings. The van der Waals surface area contributed by atoms with Gasteiger partial charge in [0.05, 0.1) is 0 Å². The van der Waals surface area contributed by atoms with E-state index >= 15 is 0 Å². The molecule has 22 heavy (non-hydrogen) atoms. The van der Waals surface area contributed by atoms with Crippen LogP contribution in [0, 0.1) is 0 Å². The van der Waals surface area contributed by atoms with Gasteiger partial charge in [-0.05, 0) is 61.4 Å². The van der Waals surface area contributed by atoms with Crippen molar-refractivity contribution < 1.29 is 4.74 Å². The summed E-state index contributed by atoms with van der Waals surface area (Å²) in [4.78, 5) is 2.13. The molecule has 2 aromatic carbocycles. The van der Waals surface area contributed by atoms with E-state index in [-0.39, 0.29) is 0 Å². The van der Waals surface area contributed by atoms with E-state index in [1.165, 1.54) is 22.3 Å². The summed E-state index contributed by atoms with van der Waals surface area (Å²) in [6.45, 7) is 2.33. The third kappa shape index (κ3) is 2.87. The van der Waals surface area contributed by atoms with Crippen LogP contribution in [0.5, 0.6) is 5.75 Å². The van der Waals surface area contributed by atoms with Crippen LogP contribution in [-0.4, -0.2) is 38.7 Å². The van der Waals surface area contributed by atoms with E-state index in [1.807, 2.05) is 0 Å². The van der Waals surface area contributed by atoms with E-state index in [0.717, 1.165) is 18.7 Å². The minimum atomic E-state index is 0.397. The predicted octanol–water partition coefficient (Wildman–Crippen LogP) is 3.09. The Morgan fingerprint density at radius 3 is 2.59 bits per heavy atom. The molecule has 1 aliphatic carbocycles. The van der Waals surface area contributed by atoms with E-state index in [1.54, 1.807) is 0 Å². The average molecular weight is 296 g/mol. The smallest absolute Gasteiger partial charge is 0.119 e. The third-order valence-electron chi connectivity index (χ3n) is 4.29. The highest BCUT2D eigenvalue weighted by molar-refractivity contribution is 5.79. The van der Waals surface area contributed by atoms with Crippen LogP contribution in [0.2, 0.25) is 0 Å². The van der Waals surface area contributed by atoms with Gasteiger partial charge in [-0.3, -0.25) is 0 Å². The molecule has 3 heteroatoms. The molecule has 0 amide bonds. The summed E-state index contributed by atoms with van der Waals surface area (Å²) in [5.74, 6) is 1.35. The van der Waals surface area contributed by atoms with E-state index in [9.17, 15) is 0 Å². The zero-order chi connectivity index (χ0) is 15.5. The largest absolute Gasteiger partial charge is 0.492 e. The highest BCUT2D eigenvalue weighted by Gasteiger charge is 2.28. The summed E-state index contributed by atoms with van der Waals surface area (Å²) in [5, 5.41) is 0. The molecule has 1 atom stereocenters. The Labute approximate surface area is 132 Å². The second-order valence-electron chi connectivity index (χ2n) is 6.12. The molecular weight excluding hydrogens is 272 g/mol. The maximum absolute atomic E-state index is 5.89. The molecule has 0 saturated heterocycles. The number of nitrogens with zero attached hydrogens (tertiary/aromatic N) is 1. The Kier molecular flexibility index (Phi) is 4.46. The molecule has 1 unspecified atom stereocenters. The fourth-order valence-electron chi connectivity index (χ4n) is 3.20. The molecule has 3 rings (SSSR count). The quantitative estimate of drug-likeness (QED) is 0.890. The van der Waals surface area contributed by atoms with E-state index < -0.39 is 0 Å². The molecule has 3 nitrogen and oxygen atoms in total. The number of rotatable bonds is 6. The first-order chi connectivity index (χ1) is 10.7. The van der Waals surface area contributed by atoms with Crippen molar-refractivity contribution in [2.75, 3.05) is 33.8 Å². The zero-order valence-corrected chi connectivity index (χ0v) is 13.4. The maximum atomic E-state index is 5.89. The van der Waals surface area contributed by atoms with Crippen molar-refractivity contribution in [2.24, 2.45) is 5.73 Å². The fraction of sp³-hybridized carbons (Fsp3) is 0.368. The van der Waals surface area contributed by atoms with Crippen molar-refractivity contribution >= 4 is 0 Å². The van der Waals surface area contributed by atoms with E-state index in [4.69, 9.17) is 10.5 Å².